The number of benzene rings is 2. The molecule has 1 aliphatic heterocycles. The number of nitrogens with one attached hydrogen (secondary N) is 1. The number of ether oxygens (including phenoxy) is 2. The van der Waals surface area contributed by atoms with Crippen LogP contribution in [0.1, 0.15) is 26.2 Å². The number of nitrogens with two attached hydrogens (primary N) is 1. The summed E-state index contributed by atoms with van der Waals surface area (Å²) in [6, 6.07) is 13.5. The molecule has 9 heteroatoms. The summed E-state index contributed by atoms with van der Waals surface area (Å²) in [5, 5.41) is 0. The molecular weight excluding hydrogens is 430 g/mol. The molecule has 1 heterocycles. The van der Waals surface area contributed by atoms with Crippen molar-refractivity contribution >= 4 is 15.9 Å². The summed E-state index contributed by atoms with van der Waals surface area (Å²) < 4.78 is 38.9. The highest BCUT2D eigenvalue weighted by Gasteiger charge is 2.23. The van der Waals surface area contributed by atoms with E-state index in [2.05, 4.69) is 9.62 Å². The maximum absolute atomic E-state index is 12.6. The highest BCUT2D eigenvalue weighted by molar-refractivity contribution is 7.89. The summed E-state index contributed by atoms with van der Waals surface area (Å²) in [6.07, 6.45) is 2.42. The molecule has 32 heavy (non-hydrogen) atoms. The van der Waals surface area contributed by atoms with Gasteiger partial charge in [-0.05, 0) is 87.8 Å². The lowest BCUT2D eigenvalue weighted by atomic mass is 9.97. The number of primary amides is 1. The molecule has 1 unspecified atom stereocenters. The monoisotopic (exact) mass is 461 g/mol. The van der Waals surface area contributed by atoms with Crippen molar-refractivity contribution in [2.75, 3.05) is 32.8 Å². The average molecular weight is 462 g/mol. The van der Waals surface area contributed by atoms with Crippen LogP contribution in [0.5, 0.6) is 17.2 Å². The first-order chi connectivity index (χ1) is 15.4. The third-order valence-electron chi connectivity index (χ3n) is 5.36. The zero-order chi connectivity index (χ0) is 23.0. The number of hydrogen-bond donors (Lipinski definition) is 2. The average Bonchev–Trinajstić information content (AvgIpc) is 2.79. The Morgan fingerprint density at radius 2 is 1.72 bits per heavy atom. The summed E-state index contributed by atoms with van der Waals surface area (Å²) >= 11 is 0. The summed E-state index contributed by atoms with van der Waals surface area (Å²) in [4.78, 5) is 13.7. The molecule has 1 atom stereocenters. The summed E-state index contributed by atoms with van der Waals surface area (Å²) in [7, 11) is -3.60. The topological polar surface area (TPSA) is 111 Å². The fraction of sp³-hybridized carbons (Fsp3) is 0.435. The molecule has 8 nitrogen and oxygen atoms in total. The van der Waals surface area contributed by atoms with E-state index in [9.17, 15) is 13.2 Å². The standard InChI is InChI=1S/C23H31N3O5S/c1-2-30-19-6-8-20(9-7-19)31-21-10-12-22(13-11-21)32(28,29)25-14-4-16-26-15-3-5-18(17-26)23(24)27/h6-13,18,25H,2-5,14-17H2,1H3,(H2,24,27). The van der Waals surface area contributed by atoms with E-state index in [1.807, 2.05) is 19.1 Å². The van der Waals surface area contributed by atoms with Crippen LogP contribution in [0.2, 0.25) is 0 Å². The molecule has 1 saturated heterocycles. The van der Waals surface area contributed by atoms with E-state index in [1.54, 1.807) is 24.3 Å². The van der Waals surface area contributed by atoms with E-state index in [0.717, 1.165) is 31.7 Å². The fourth-order valence-electron chi connectivity index (χ4n) is 3.68. The minimum absolute atomic E-state index is 0.108. The third-order valence-corrected chi connectivity index (χ3v) is 6.83. The Balaban J connectivity index is 1.46. The van der Waals surface area contributed by atoms with Crippen molar-refractivity contribution in [1.29, 1.82) is 0 Å². The van der Waals surface area contributed by atoms with Crippen molar-refractivity contribution in [2.45, 2.75) is 31.1 Å². The lowest BCUT2D eigenvalue weighted by Crippen LogP contribution is -2.42. The van der Waals surface area contributed by atoms with E-state index < -0.39 is 10.0 Å². The second-order valence-electron chi connectivity index (χ2n) is 7.77. The van der Waals surface area contributed by atoms with Crippen molar-refractivity contribution in [3.63, 3.8) is 0 Å². The van der Waals surface area contributed by atoms with E-state index >= 15 is 0 Å². The van der Waals surface area contributed by atoms with Gasteiger partial charge in [-0.2, -0.15) is 0 Å². The van der Waals surface area contributed by atoms with Crippen LogP contribution in [0, 0.1) is 5.92 Å². The van der Waals surface area contributed by atoms with Crippen molar-refractivity contribution in [3.8, 4) is 17.2 Å². The van der Waals surface area contributed by atoms with Gasteiger partial charge in [0.2, 0.25) is 15.9 Å². The van der Waals surface area contributed by atoms with Gasteiger partial charge in [0.25, 0.3) is 0 Å². The van der Waals surface area contributed by atoms with Gasteiger partial charge in [-0.3, -0.25) is 4.79 Å². The second-order valence-corrected chi connectivity index (χ2v) is 9.54. The Morgan fingerprint density at radius 1 is 1.09 bits per heavy atom. The molecule has 2 aromatic carbocycles. The van der Waals surface area contributed by atoms with Crippen LogP contribution in [0.4, 0.5) is 0 Å². The molecule has 0 aliphatic carbocycles. The van der Waals surface area contributed by atoms with Crippen LogP contribution in [-0.4, -0.2) is 52.0 Å². The molecule has 174 valence electrons. The maximum Gasteiger partial charge on any atom is 0.240 e. The van der Waals surface area contributed by atoms with Crippen LogP contribution in [0.15, 0.2) is 53.4 Å². The van der Waals surface area contributed by atoms with Gasteiger partial charge in [-0.1, -0.05) is 0 Å². The molecule has 3 rings (SSSR count). The maximum atomic E-state index is 12.6. The minimum Gasteiger partial charge on any atom is -0.494 e. The molecule has 0 bridgehead atoms. The lowest BCUT2D eigenvalue weighted by Gasteiger charge is -2.31. The minimum atomic E-state index is -3.60. The van der Waals surface area contributed by atoms with E-state index in [-0.39, 0.29) is 16.7 Å². The second kappa shape index (κ2) is 11.3. The van der Waals surface area contributed by atoms with Crippen LogP contribution < -0.4 is 19.9 Å². The number of carbonyl (C=O) groups excluding carboxylic acids is 1. The molecule has 0 aromatic heterocycles. The molecule has 1 aliphatic rings. The molecule has 3 N–H and O–H groups in total. The summed E-state index contributed by atoms with van der Waals surface area (Å²) in [6.45, 7) is 5.12. The Morgan fingerprint density at radius 3 is 2.34 bits per heavy atom. The number of nitrogens with zero attached hydrogens (tertiary/aromatic N) is 1. The molecule has 0 saturated carbocycles. The van der Waals surface area contributed by atoms with Crippen molar-refractivity contribution in [2.24, 2.45) is 11.7 Å². The fourth-order valence-corrected chi connectivity index (χ4v) is 4.75. The van der Waals surface area contributed by atoms with Crippen LogP contribution in [0.25, 0.3) is 0 Å². The predicted octanol–water partition coefficient (Wildman–Crippen LogP) is 2.74. The molecule has 0 spiro atoms. The number of amides is 1. The van der Waals surface area contributed by atoms with E-state index in [1.165, 1.54) is 12.1 Å². The zero-order valence-electron chi connectivity index (χ0n) is 18.3. The predicted molar refractivity (Wildman–Crippen MR) is 122 cm³/mol. The zero-order valence-corrected chi connectivity index (χ0v) is 19.1. The third kappa shape index (κ3) is 6.94. The quantitative estimate of drug-likeness (QED) is 0.498. The van der Waals surface area contributed by atoms with Crippen molar-refractivity contribution < 1.29 is 22.7 Å². The van der Waals surface area contributed by atoms with Gasteiger partial charge in [0.1, 0.15) is 17.2 Å². The Bertz CT molecular complexity index is 978. The number of piperidine rings is 1. The number of likely N-dealkylation sites (tertiary alicyclic amines) is 1. The van der Waals surface area contributed by atoms with Crippen molar-refractivity contribution in [3.05, 3.63) is 48.5 Å². The summed E-state index contributed by atoms with van der Waals surface area (Å²) in [5.74, 6) is 1.58. The van der Waals surface area contributed by atoms with Gasteiger partial charge in [0, 0.05) is 13.1 Å². The smallest absolute Gasteiger partial charge is 0.240 e. The van der Waals surface area contributed by atoms with Gasteiger partial charge < -0.3 is 20.1 Å². The molecule has 1 fully saturated rings. The number of sulfonamides is 1. The number of rotatable bonds is 11. The molecule has 1 amide bonds. The first-order valence-corrected chi connectivity index (χ1v) is 12.4. The highest BCUT2D eigenvalue weighted by Crippen LogP contribution is 2.25. The van der Waals surface area contributed by atoms with Crippen LogP contribution in [-0.2, 0) is 14.8 Å². The van der Waals surface area contributed by atoms with E-state index in [4.69, 9.17) is 15.2 Å². The van der Waals surface area contributed by atoms with Crippen LogP contribution in [0.3, 0.4) is 0 Å². The number of carbonyl (C=O) groups is 1. The van der Waals surface area contributed by atoms with Gasteiger partial charge >= 0.3 is 0 Å². The molecule has 0 radical (unpaired) electrons. The largest absolute Gasteiger partial charge is 0.494 e. The van der Waals surface area contributed by atoms with Crippen molar-refractivity contribution in [1.82, 2.24) is 9.62 Å². The van der Waals surface area contributed by atoms with Gasteiger partial charge in [0.05, 0.1) is 17.4 Å². The van der Waals surface area contributed by atoms with Crippen LogP contribution >= 0.6 is 0 Å². The Labute approximate surface area is 189 Å². The lowest BCUT2D eigenvalue weighted by molar-refractivity contribution is -0.123. The Hall–Kier alpha value is -2.62. The van der Waals surface area contributed by atoms with Gasteiger partial charge in [-0.25, -0.2) is 13.1 Å². The highest BCUT2D eigenvalue weighted by atomic mass is 32.2. The molecular formula is C23H31N3O5S. The first-order valence-electron chi connectivity index (χ1n) is 10.9. The SMILES string of the molecule is CCOc1ccc(Oc2ccc(S(=O)(=O)NCCCN3CCCC(C(N)=O)C3)cc2)cc1. The Kier molecular flexibility index (Phi) is 8.49. The van der Waals surface area contributed by atoms with Gasteiger partial charge in [-0.15, -0.1) is 0 Å². The van der Waals surface area contributed by atoms with E-state index in [0.29, 0.717) is 37.6 Å². The normalized spacial score (nSPS) is 17.1. The summed E-state index contributed by atoms with van der Waals surface area (Å²) in [5.41, 5.74) is 5.41. The molecule has 2 aromatic rings. The first kappa shape index (κ1) is 24.0. The number of hydrogen-bond acceptors (Lipinski definition) is 6. The van der Waals surface area contributed by atoms with Gasteiger partial charge in [0.15, 0.2) is 0 Å².